The summed E-state index contributed by atoms with van der Waals surface area (Å²) in [5.74, 6) is 0. The summed E-state index contributed by atoms with van der Waals surface area (Å²) in [5, 5.41) is 0. The highest BCUT2D eigenvalue weighted by Crippen LogP contribution is 1.95. The van der Waals surface area contributed by atoms with E-state index in [-0.39, 0.29) is 0 Å². The fourth-order valence-electron chi connectivity index (χ4n) is 1.14. The number of aryl methyl sites for hydroxylation is 3. The Balaban J connectivity index is 3.07. The minimum atomic E-state index is 1.11. The van der Waals surface area contributed by atoms with Crippen molar-refractivity contribution in [3.63, 3.8) is 0 Å². The lowest BCUT2D eigenvalue weighted by Gasteiger charge is -1.95. The lowest BCUT2D eigenvalue weighted by atomic mass is 10.2. The smallest absolute Gasteiger partial charge is 0.180 e. The minimum absolute atomic E-state index is 1.11. The summed E-state index contributed by atoms with van der Waals surface area (Å²) in [4.78, 5) is 0. The van der Waals surface area contributed by atoms with E-state index in [1.165, 1.54) is 11.3 Å². The van der Waals surface area contributed by atoms with Gasteiger partial charge in [-0.3, -0.25) is 0 Å². The van der Waals surface area contributed by atoms with Gasteiger partial charge in [0.05, 0.1) is 0 Å². The predicted molar refractivity (Wildman–Crippen MR) is 41.7 cm³/mol. The van der Waals surface area contributed by atoms with Gasteiger partial charge in [0.25, 0.3) is 0 Å². The first-order valence-electron chi connectivity index (χ1n) is 3.69. The van der Waals surface area contributed by atoms with Crippen LogP contribution in [0.15, 0.2) is 18.3 Å². The second kappa shape index (κ2) is 2.82. The molecule has 0 saturated heterocycles. The van der Waals surface area contributed by atoms with Crippen LogP contribution in [0.5, 0.6) is 0 Å². The predicted octanol–water partition coefficient (Wildman–Crippen LogP) is 1.38. The van der Waals surface area contributed by atoms with Gasteiger partial charge in [0.1, 0.15) is 7.05 Å². The molecule has 0 amide bonds. The van der Waals surface area contributed by atoms with Crippen LogP contribution in [0.4, 0.5) is 0 Å². The van der Waals surface area contributed by atoms with Crippen LogP contribution in [0.2, 0.25) is 0 Å². The van der Waals surface area contributed by atoms with Crippen molar-refractivity contribution in [2.24, 2.45) is 7.05 Å². The number of aromatic nitrogens is 1. The van der Waals surface area contributed by atoms with Gasteiger partial charge in [-0.25, -0.2) is 4.57 Å². The average molecular weight is 136 g/mol. The Morgan fingerprint density at radius 1 is 1.40 bits per heavy atom. The summed E-state index contributed by atoms with van der Waals surface area (Å²) < 4.78 is 2.18. The Bertz CT molecular complexity index is 228. The van der Waals surface area contributed by atoms with Crippen LogP contribution in [0.25, 0.3) is 0 Å². The summed E-state index contributed by atoms with van der Waals surface area (Å²) in [6.45, 7) is 4.28. The highest BCUT2D eigenvalue weighted by molar-refractivity contribution is 5.06. The van der Waals surface area contributed by atoms with E-state index < -0.39 is 0 Å². The highest BCUT2D eigenvalue weighted by atomic mass is 14.9. The molecule has 1 aromatic heterocycles. The molecule has 1 nitrogen and oxygen atoms in total. The first kappa shape index (κ1) is 7.26. The van der Waals surface area contributed by atoms with Crippen LogP contribution in [0.1, 0.15) is 18.2 Å². The Hall–Kier alpha value is -0.850. The number of nitrogens with zero attached hydrogens (tertiary/aromatic N) is 1. The van der Waals surface area contributed by atoms with Crippen molar-refractivity contribution < 1.29 is 4.57 Å². The van der Waals surface area contributed by atoms with E-state index in [9.17, 15) is 0 Å². The molecule has 54 valence electrons. The first-order chi connectivity index (χ1) is 4.74. The standard InChI is InChI=1S/C9H14N/c1-4-9-6-5-8(2)7-10(9)3/h5-7H,4H2,1-3H3/q+1. The van der Waals surface area contributed by atoms with Gasteiger partial charge >= 0.3 is 0 Å². The second-order valence-electron chi connectivity index (χ2n) is 2.66. The lowest BCUT2D eigenvalue weighted by Crippen LogP contribution is -2.32. The molecule has 10 heavy (non-hydrogen) atoms. The summed E-state index contributed by atoms with van der Waals surface area (Å²) >= 11 is 0. The third kappa shape index (κ3) is 1.35. The van der Waals surface area contributed by atoms with Crippen LogP contribution in [-0.2, 0) is 13.5 Å². The zero-order valence-electron chi connectivity index (χ0n) is 6.89. The second-order valence-corrected chi connectivity index (χ2v) is 2.66. The van der Waals surface area contributed by atoms with Gasteiger partial charge in [-0.05, 0) is 13.0 Å². The van der Waals surface area contributed by atoms with Gasteiger partial charge in [-0.1, -0.05) is 6.92 Å². The van der Waals surface area contributed by atoms with E-state index in [1.807, 2.05) is 0 Å². The molecule has 0 radical (unpaired) electrons. The molecular formula is C9H14N+. The van der Waals surface area contributed by atoms with Gasteiger partial charge < -0.3 is 0 Å². The molecule has 0 aliphatic rings. The van der Waals surface area contributed by atoms with Crippen molar-refractivity contribution in [1.29, 1.82) is 0 Å². The Morgan fingerprint density at radius 2 is 2.10 bits per heavy atom. The van der Waals surface area contributed by atoms with E-state index >= 15 is 0 Å². The molecule has 0 fully saturated rings. The average Bonchev–Trinajstić information content (AvgIpc) is 1.88. The molecule has 0 unspecified atom stereocenters. The fourth-order valence-corrected chi connectivity index (χ4v) is 1.14. The quantitative estimate of drug-likeness (QED) is 0.513. The molecule has 0 atom stereocenters. The zero-order valence-corrected chi connectivity index (χ0v) is 6.89. The van der Waals surface area contributed by atoms with Crippen LogP contribution in [0, 0.1) is 6.92 Å². The molecule has 1 heteroatoms. The van der Waals surface area contributed by atoms with Gasteiger partial charge in [-0.15, -0.1) is 0 Å². The van der Waals surface area contributed by atoms with Gasteiger partial charge in [0, 0.05) is 18.1 Å². The maximum absolute atomic E-state index is 2.18. The first-order valence-corrected chi connectivity index (χ1v) is 3.69. The van der Waals surface area contributed by atoms with E-state index in [4.69, 9.17) is 0 Å². The van der Waals surface area contributed by atoms with Crippen molar-refractivity contribution in [3.05, 3.63) is 29.6 Å². The highest BCUT2D eigenvalue weighted by Gasteiger charge is 2.01. The van der Waals surface area contributed by atoms with Gasteiger partial charge in [0.15, 0.2) is 11.9 Å². The summed E-state index contributed by atoms with van der Waals surface area (Å²) in [6.07, 6.45) is 3.26. The number of hydrogen-bond acceptors (Lipinski definition) is 0. The molecule has 0 aliphatic carbocycles. The topological polar surface area (TPSA) is 3.88 Å². The molecule has 0 N–H and O–H groups in total. The summed E-state index contributed by atoms with van der Waals surface area (Å²) in [5.41, 5.74) is 2.70. The lowest BCUT2D eigenvalue weighted by molar-refractivity contribution is -0.679. The van der Waals surface area contributed by atoms with E-state index in [0.717, 1.165) is 6.42 Å². The maximum Gasteiger partial charge on any atom is 0.180 e. The maximum atomic E-state index is 2.18. The Labute approximate surface area is 62.3 Å². The van der Waals surface area contributed by atoms with Gasteiger partial charge in [0.2, 0.25) is 0 Å². The molecule has 0 spiro atoms. The minimum Gasteiger partial charge on any atom is -0.205 e. The Kier molecular flexibility index (Phi) is 2.05. The molecule has 0 aromatic carbocycles. The Morgan fingerprint density at radius 3 is 2.60 bits per heavy atom. The van der Waals surface area contributed by atoms with Crippen LogP contribution < -0.4 is 4.57 Å². The van der Waals surface area contributed by atoms with Crippen molar-refractivity contribution in [1.82, 2.24) is 0 Å². The van der Waals surface area contributed by atoms with E-state index in [0.29, 0.717) is 0 Å². The van der Waals surface area contributed by atoms with Crippen molar-refractivity contribution in [3.8, 4) is 0 Å². The van der Waals surface area contributed by atoms with E-state index in [2.05, 4.69) is 43.8 Å². The van der Waals surface area contributed by atoms with Gasteiger partial charge in [-0.2, -0.15) is 0 Å². The number of rotatable bonds is 1. The fraction of sp³-hybridized carbons (Fsp3) is 0.444. The third-order valence-electron chi connectivity index (χ3n) is 1.75. The third-order valence-corrected chi connectivity index (χ3v) is 1.75. The SMILES string of the molecule is CCc1ccc(C)c[n+]1C. The van der Waals surface area contributed by atoms with Crippen molar-refractivity contribution in [2.45, 2.75) is 20.3 Å². The molecule has 1 heterocycles. The molecular weight excluding hydrogens is 122 g/mol. The number of pyridine rings is 1. The molecule has 0 saturated carbocycles. The van der Waals surface area contributed by atoms with Crippen LogP contribution in [-0.4, -0.2) is 0 Å². The molecule has 0 aliphatic heterocycles. The van der Waals surface area contributed by atoms with E-state index in [1.54, 1.807) is 0 Å². The summed E-state index contributed by atoms with van der Waals surface area (Å²) in [7, 11) is 2.09. The normalized spacial score (nSPS) is 9.90. The van der Waals surface area contributed by atoms with Crippen molar-refractivity contribution >= 4 is 0 Å². The molecule has 0 bridgehead atoms. The molecule has 1 aromatic rings. The number of hydrogen-bond donors (Lipinski definition) is 0. The van der Waals surface area contributed by atoms with Crippen LogP contribution in [0.3, 0.4) is 0 Å². The largest absolute Gasteiger partial charge is 0.205 e. The van der Waals surface area contributed by atoms with Crippen molar-refractivity contribution in [2.75, 3.05) is 0 Å². The zero-order chi connectivity index (χ0) is 7.56. The van der Waals surface area contributed by atoms with Crippen LogP contribution >= 0.6 is 0 Å². The molecule has 1 rings (SSSR count). The monoisotopic (exact) mass is 136 g/mol. The summed E-state index contributed by atoms with van der Waals surface area (Å²) in [6, 6.07) is 4.33.